The van der Waals surface area contributed by atoms with E-state index in [0.29, 0.717) is 27.7 Å². The Labute approximate surface area is 180 Å². The van der Waals surface area contributed by atoms with Crippen molar-refractivity contribution in [3.8, 4) is 11.3 Å². The van der Waals surface area contributed by atoms with Gasteiger partial charge in [-0.25, -0.2) is 14.2 Å². The average Bonchev–Trinajstić information content (AvgIpc) is 3.06. The number of nitrogens with one attached hydrogen (secondary N) is 1. The van der Waals surface area contributed by atoms with E-state index < -0.39 is 5.97 Å². The van der Waals surface area contributed by atoms with E-state index in [1.54, 1.807) is 30.3 Å². The number of benzene rings is 2. The first-order chi connectivity index (χ1) is 15.1. The summed E-state index contributed by atoms with van der Waals surface area (Å²) in [5.41, 5.74) is 2.17. The number of fused-ring (bicyclic) bond motifs is 1. The van der Waals surface area contributed by atoms with E-state index >= 15 is 0 Å². The summed E-state index contributed by atoms with van der Waals surface area (Å²) in [7, 11) is 0. The van der Waals surface area contributed by atoms with Gasteiger partial charge in [-0.3, -0.25) is 4.79 Å². The van der Waals surface area contributed by atoms with Crippen molar-refractivity contribution in [3.63, 3.8) is 0 Å². The molecule has 1 heterocycles. The smallest absolute Gasteiger partial charge is 0.339 e. The number of carbonyl (C=O) groups is 2. The van der Waals surface area contributed by atoms with Crippen LogP contribution in [0.5, 0.6) is 0 Å². The Hall–Kier alpha value is -3.28. The lowest BCUT2D eigenvalue weighted by atomic mass is 10.0. The third kappa shape index (κ3) is 5.26. The monoisotopic (exact) mass is 420 g/mol. The van der Waals surface area contributed by atoms with Gasteiger partial charge in [-0.2, -0.15) is 0 Å². The summed E-state index contributed by atoms with van der Waals surface area (Å²) in [4.78, 5) is 29.8. The molecule has 1 aliphatic carbocycles. The first-order valence-electron chi connectivity index (χ1n) is 10.7. The molecule has 1 aliphatic rings. The first-order valence-corrected chi connectivity index (χ1v) is 10.7. The van der Waals surface area contributed by atoms with Crippen molar-refractivity contribution >= 4 is 22.8 Å². The van der Waals surface area contributed by atoms with E-state index in [1.807, 2.05) is 12.1 Å². The lowest BCUT2D eigenvalue weighted by Gasteiger charge is -2.16. The Morgan fingerprint density at radius 1 is 1.00 bits per heavy atom. The lowest BCUT2D eigenvalue weighted by molar-refractivity contribution is -0.125. The fourth-order valence-corrected chi connectivity index (χ4v) is 4.01. The summed E-state index contributed by atoms with van der Waals surface area (Å²) in [5, 5.41) is 3.62. The van der Waals surface area contributed by atoms with Gasteiger partial charge >= 0.3 is 5.97 Å². The van der Waals surface area contributed by atoms with Crippen LogP contribution in [-0.2, 0) is 9.53 Å². The molecule has 1 saturated carbocycles. The van der Waals surface area contributed by atoms with Crippen LogP contribution in [0.15, 0.2) is 54.6 Å². The molecule has 1 fully saturated rings. The van der Waals surface area contributed by atoms with Gasteiger partial charge in [-0.15, -0.1) is 0 Å². The van der Waals surface area contributed by atoms with E-state index in [-0.39, 0.29) is 24.4 Å². The molecule has 0 bridgehead atoms. The fraction of sp³-hybridized carbons (Fsp3) is 0.320. The zero-order valence-corrected chi connectivity index (χ0v) is 17.3. The molecule has 0 saturated heterocycles. The third-order valence-corrected chi connectivity index (χ3v) is 5.63. The number of esters is 1. The highest BCUT2D eigenvalue weighted by Crippen LogP contribution is 2.25. The quantitative estimate of drug-likeness (QED) is 0.464. The minimum atomic E-state index is -0.585. The zero-order chi connectivity index (χ0) is 21.6. The number of hydrogen-bond donors (Lipinski definition) is 1. The maximum absolute atomic E-state index is 13.3. The Morgan fingerprint density at radius 2 is 1.71 bits per heavy atom. The molecule has 0 radical (unpaired) electrons. The van der Waals surface area contributed by atoms with Crippen molar-refractivity contribution in [3.05, 3.63) is 66.0 Å². The number of pyridine rings is 1. The van der Waals surface area contributed by atoms with Gasteiger partial charge in [-0.05, 0) is 49.2 Å². The standard InChI is InChI=1S/C25H25FN2O3/c26-18-13-11-17(12-14-18)23-15-21(20-9-5-6-10-22(20)28-23)25(30)31-16-24(29)27-19-7-3-1-2-4-8-19/h5-6,9-15,19H,1-4,7-8,16H2,(H,27,29). The summed E-state index contributed by atoms with van der Waals surface area (Å²) in [5.74, 6) is -1.21. The summed E-state index contributed by atoms with van der Waals surface area (Å²) < 4.78 is 18.6. The molecule has 1 aromatic heterocycles. The van der Waals surface area contributed by atoms with Crippen LogP contribution in [0.1, 0.15) is 48.9 Å². The number of halogens is 1. The van der Waals surface area contributed by atoms with Gasteiger partial charge in [0.05, 0.1) is 16.8 Å². The zero-order valence-electron chi connectivity index (χ0n) is 17.3. The Balaban J connectivity index is 1.51. The number of hydrogen-bond acceptors (Lipinski definition) is 4. The molecule has 0 unspecified atom stereocenters. The lowest BCUT2D eigenvalue weighted by Crippen LogP contribution is -2.37. The second-order valence-electron chi connectivity index (χ2n) is 7.91. The number of aromatic nitrogens is 1. The Bertz CT molecular complexity index is 1070. The van der Waals surface area contributed by atoms with Crippen molar-refractivity contribution in [1.82, 2.24) is 10.3 Å². The molecular formula is C25H25FN2O3. The number of ether oxygens (including phenoxy) is 1. The molecule has 6 heteroatoms. The first kappa shape index (κ1) is 21.0. The topological polar surface area (TPSA) is 68.3 Å². The molecule has 0 aliphatic heterocycles. The predicted molar refractivity (Wildman–Crippen MR) is 117 cm³/mol. The molecule has 2 aromatic carbocycles. The second-order valence-corrected chi connectivity index (χ2v) is 7.91. The third-order valence-electron chi connectivity index (χ3n) is 5.63. The van der Waals surface area contributed by atoms with Gasteiger partial charge in [-0.1, -0.05) is 43.9 Å². The summed E-state index contributed by atoms with van der Waals surface area (Å²) in [6.45, 7) is -0.322. The molecule has 0 atom stereocenters. The van der Waals surface area contributed by atoms with Crippen LogP contribution in [0.4, 0.5) is 4.39 Å². The maximum Gasteiger partial charge on any atom is 0.339 e. The maximum atomic E-state index is 13.3. The van der Waals surface area contributed by atoms with Crippen LogP contribution in [0.3, 0.4) is 0 Å². The van der Waals surface area contributed by atoms with Crippen LogP contribution >= 0.6 is 0 Å². The molecule has 0 spiro atoms. The predicted octanol–water partition coefficient (Wildman–Crippen LogP) is 5.04. The van der Waals surface area contributed by atoms with Gasteiger partial charge < -0.3 is 10.1 Å². The average molecular weight is 420 g/mol. The summed E-state index contributed by atoms with van der Waals surface area (Å²) >= 11 is 0. The highest BCUT2D eigenvalue weighted by molar-refractivity contribution is 6.05. The van der Waals surface area contributed by atoms with Crippen molar-refractivity contribution < 1.29 is 18.7 Å². The van der Waals surface area contributed by atoms with Crippen LogP contribution in [0.25, 0.3) is 22.2 Å². The van der Waals surface area contributed by atoms with E-state index in [4.69, 9.17) is 4.74 Å². The van der Waals surface area contributed by atoms with Crippen LogP contribution in [-0.4, -0.2) is 29.5 Å². The minimum Gasteiger partial charge on any atom is -0.452 e. The summed E-state index contributed by atoms with van der Waals surface area (Å²) in [6.07, 6.45) is 6.56. The number of nitrogens with zero attached hydrogens (tertiary/aromatic N) is 1. The van der Waals surface area contributed by atoms with Crippen molar-refractivity contribution in [1.29, 1.82) is 0 Å². The Morgan fingerprint density at radius 3 is 2.45 bits per heavy atom. The van der Waals surface area contributed by atoms with Gasteiger partial charge in [0.25, 0.3) is 5.91 Å². The minimum absolute atomic E-state index is 0.153. The van der Waals surface area contributed by atoms with Gasteiger partial charge in [0, 0.05) is 17.0 Å². The molecular weight excluding hydrogens is 395 g/mol. The molecule has 160 valence electrons. The SMILES string of the molecule is O=C(COC(=O)c1cc(-c2ccc(F)cc2)nc2ccccc12)NC1CCCCCC1. The second kappa shape index (κ2) is 9.69. The fourth-order valence-electron chi connectivity index (χ4n) is 4.01. The van der Waals surface area contributed by atoms with Crippen LogP contribution < -0.4 is 5.32 Å². The molecule has 3 aromatic rings. The van der Waals surface area contributed by atoms with E-state index in [9.17, 15) is 14.0 Å². The number of carbonyl (C=O) groups excluding carboxylic acids is 2. The van der Waals surface area contributed by atoms with Crippen molar-refractivity contribution in [2.45, 2.75) is 44.6 Å². The normalized spacial score (nSPS) is 14.7. The van der Waals surface area contributed by atoms with E-state index in [2.05, 4.69) is 10.3 Å². The van der Waals surface area contributed by atoms with Gasteiger partial charge in [0.2, 0.25) is 0 Å². The van der Waals surface area contributed by atoms with Crippen LogP contribution in [0, 0.1) is 5.82 Å². The van der Waals surface area contributed by atoms with E-state index in [1.165, 1.54) is 25.0 Å². The van der Waals surface area contributed by atoms with Crippen LogP contribution in [0.2, 0.25) is 0 Å². The van der Waals surface area contributed by atoms with Gasteiger partial charge in [0.15, 0.2) is 6.61 Å². The number of amides is 1. The van der Waals surface area contributed by atoms with Gasteiger partial charge in [0.1, 0.15) is 5.82 Å². The molecule has 1 amide bonds. The number of para-hydroxylation sites is 1. The Kier molecular flexibility index (Phi) is 6.55. The summed E-state index contributed by atoms with van der Waals surface area (Å²) in [6, 6.07) is 14.9. The number of rotatable bonds is 5. The van der Waals surface area contributed by atoms with Crippen molar-refractivity contribution in [2.75, 3.05) is 6.61 Å². The largest absolute Gasteiger partial charge is 0.452 e. The highest BCUT2D eigenvalue weighted by atomic mass is 19.1. The molecule has 1 N–H and O–H groups in total. The van der Waals surface area contributed by atoms with Crippen molar-refractivity contribution in [2.24, 2.45) is 0 Å². The molecule has 4 rings (SSSR count). The molecule has 31 heavy (non-hydrogen) atoms. The van der Waals surface area contributed by atoms with E-state index in [0.717, 1.165) is 25.7 Å². The highest BCUT2D eigenvalue weighted by Gasteiger charge is 2.19. The molecule has 5 nitrogen and oxygen atoms in total.